The molecule has 2 aromatic rings. The number of aromatic amines is 1. The van der Waals surface area contributed by atoms with E-state index in [4.69, 9.17) is 9.47 Å². The van der Waals surface area contributed by atoms with Crippen molar-refractivity contribution in [1.29, 1.82) is 0 Å². The lowest BCUT2D eigenvalue weighted by Crippen LogP contribution is -2.47. The summed E-state index contributed by atoms with van der Waals surface area (Å²) in [5.74, 6) is -0.0307. The van der Waals surface area contributed by atoms with Gasteiger partial charge < -0.3 is 9.47 Å². The molecular formula is C16H18N4O5. The van der Waals surface area contributed by atoms with Crippen molar-refractivity contribution in [1.82, 2.24) is 21.0 Å². The first kappa shape index (κ1) is 18.0. The Morgan fingerprint density at radius 2 is 1.80 bits per heavy atom. The van der Waals surface area contributed by atoms with Gasteiger partial charge in [0.15, 0.2) is 11.8 Å². The number of nitrogens with one attached hydrogen (secondary N) is 3. The quantitative estimate of drug-likeness (QED) is 0.651. The highest BCUT2D eigenvalue weighted by molar-refractivity contribution is 5.93. The molecular weight excluding hydrogens is 328 g/mol. The van der Waals surface area contributed by atoms with E-state index in [1.807, 2.05) is 6.92 Å². The third-order valence-corrected chi connectivity index (χ3v) is 3.03. The molecule has 0 spiro atoms. The average Bonchev–Trinajstić information content (AvgIpc) is 2.61. The maximum atomic E-state index is 12.0. The number of rotatable bonds is 6. The third-order valence-electron chi connectivity index (χ3n) is 3.03. The second-order valence-electron chi connectivity index (χ2n) is 4.91. The highest BCUT2D eigenvalue weighted by Crippen LogP contribution is 2.18. The van der Waals surface area contributed by atoms with Crippen LogP contribution in [0.2, 0.25) is 0 Å². The van der Waals surface area contributed by atoms with Crippen molar-refractivity contribution in [2.45, 2.75) is 20.0 Å². The molecule has 9 nitrogen and oxygen atoms in total. The monoisotopic (exact) mass is 346 g/mol. The maximum absolute atomic E-state index is 12.0. The Labute approximate surface area is 143 Å². The molecule has 1 atom stereocenters. The van der Waals surface area contributed by atoms with Gasteiger partial charge in [-0.3, -0.25) is 25.2 Å². The predicted octanol–water partition coefficient (Wildman–Crippen LogP) is 0.397. The van der Waals surface area contributed by atoms with Crippen molar-refractivity contribution >= 4 is 11.8 Å². The Kier molecular flexibility index (Phi) is 6.10. The molecule has 0 radical (unpaired) electrons. The lowest BCUT2D eigenvalue weighted by Gasteiger charge is -2.15. The van der Waals surface area contributed by atoms with Gasteiger partial charge in [0.25, 0.3) is 17.4 Å². The Morgan fingerprint density at radius 1 is 1.12 bits per heavy atom. The zero-order valence-electron chi connectivity index (χ0n) is 13.7. The third kappa shape index (κ3) is 5.34. The molecule has 2 rings (SSSR count). The molecule has 0 aliphatic rings. The van der Waals surface area contributed by atoms with Crippen LogP contribution in [0.4, 0.5) is 0 Å². The van der Waals surface area contributed by atoms with Crippen LogP contribution in [0.25, 0.3) is 0 Å². The summed E-state index contributed by atoms with van der Waals surface area (Å²) >= 11 is 0. The Morgan fingerprint density at radius 3 is 2.40 bits per heavy atom. The van der Waals surface area contributed by atoms with Crippen LogP contribution in [0.1, 0.15) is 24.3 Å². The summed E-state index contributed by atoms with van der Waals surface area (Å²) in [6.45, 7) is 3.98. The molecule has 1 aromatic carbocycles. The maximum Gasteiger partial charge on any atom is 0.290 e. The molecule has 3 N–H and O–H groups in total. The van der Waals surface area contributed by atoms with Gasteiger partial charge in [-0.2, -0.15) is 5.10 Å². The minimum absolute atomic E-state index is 0.0417. The highest BCUT2D eigenvalue weighted by Gasteiger charge is 2.16. The number of H-pyrrole nitrogens is 1. The number of hydrogen-bond acceptors (Lipinski definition) is 6. The molecule has 0 aliphatic heterocycles. The second kappa shape index (κ2) is 8.48. The summed E-state index contributed by atoms with van der Waals surface area (Å²) in [5, 5.41) is 5.67. The molecule has 2 amide bonds. The molecule has 0 unspecified atom stereocenters. The number of amides is 2. The SMILES string of the molecule is CCOc1ccc(O[C@@H](C)C(=O)NNC(=O)c2ccc(=O)[nH]n2)cc1. The zero-order valence-corrected chi connectivity index (χ0v) is 13.7. The lowest BCUT2D eigenvalue weighted by atomic mass is 10.3. The number of benzene rings is 1. The molecule has 132 valence electrons. The fraction of sp³-hybridized carbons (Fsp3) is 0.250. The van der Waals surface area contributed by atoms with E-state index in [0.29, 0.717) is 18.1 Å². The minimum atomic E-state index is -0.846. The van der Waals surface area contributed by atoms with Gasteiger partial charge in [0.2, 0.25) is 0 Å². The summed E-state index contributed by atoms with van der Waals surface area (Å²) in [5.41, 5.74) is 3.94. The summed E-state index contributed by atoms with van der Waals surface area (Å²) < 4.78 is 10.8. The van der Waals surface area contributed by atoms with Crippen LogP contribution in [-0.4, -0.2) is 34.7 Å². The van der Waals surface area contributed by atoms with Crippen LogP contribution in [0.5, 0.6) is 11.5 Å². The largest absolute Gasteiger partial charge is 0.494 e. The molecule has 0 fully saturated rings. The van der Waals surface area contributed by atoms with E-state index < -0.39 is 23.5 Å². The van der Waals surface area contributed by atoms with Gasteiger partial charge in [-0.15, -0.1) is 0 Å². The molecule has 1 heterocycles. The molecule has 0 bridgehead atoms. The van der Waals surface area contributed by atoms with Crippen LogP contribution in [-0.2, 0) is 4.79 Å². The van der Waals surface area contributed by atoms with Crippen LogP contribution in [0, 0.1) is 0 Å². The van der Waals surface area contributed by atoms with Crippen molar-refractivity contribution in [2.75, 3.05) is 6.61 Å². The second-order valence-corrected chi connectivity index (χ2v) is 4.91. The number of hydrogen-bond donors (Lipinski definition) is 3. The number of carbonyl (C=O) groups is 2. The standard InChI is InChI=1S/C16H18N4O5/c1-3-24-11-4-6-12(7-5-11)25-10(2)15(22)19-20-16(23)13-8-9-14(21)18-17-13/h4-10H,3H2,1-2H3,(H,18,21)(H,19,22)(H,20,23)/t10-/m0/s1. The molecule has 25 heavy (non-hydrogen) atoms. The first-order chi connectivity index (χ1) is 12.0. The van der Waals surface area contributed by atoms with E-state index in [2.05, 4.69) is 21.0 Å². The smallest absolute Gasteiger partial charge is 0.290 e. The topological polar surface area (TPSA) is 122 Å². The van der Waals surface area contributed by atoms with E-state index in [-0.39, 0.29) is 5.69 Å². The van der Waals surface area contributed by atoms with Crippen molar-refractivity contribution < 1.29 is 19.1 Å². The van der Waals surface area contributed by atoms with E-state index in [9.17, 15) is 14.4 Å². The summed E-state index contributed by atoms with van der Waals surface area (Å²) in [6, 6.07) is 9.21. The molecule has 0 saturated carbocycles. The van der Waals surface area contributed by atoms with E-state index in [0.717, 1.165) is 6.07 Å². The fourth-order valence-electron chi connectivity index (χ4n) is 1.79. The molecule has 0 saturated heterocycles. The normalized spacial score (nSPS) is 11.3. The molecule has 0 aliphatic carbocycles. The van der Waals surface area contributed by atoms with Crippen LogP contribution < -0.4 is 25.9 Å². The van der Waals surface area contributed by atoms with Gasteiger partial charge in [-0.1, -0.05) is 0 Å². The van der Waals surface area contributed by atoms with E-state index in [1.54, 1.807) is 24.3 Å². The Balaban J connectivity index is 1.84. The Bertz CT molecular complexity index is 767. The van der Waals surface area contributed by atoms with Gasteiger partial charge in [0.05, 0.1) is 6.61 Å². The lowest BCUT2D eigenvalue weighted by molar-refractivity contribution is -0.128. The Hall–Kier alpha value is -3.36. The fourth-order valence-corrected chi connectivity index (χ4v) is 1.79. The average molecular weight is 346 g/mol. The first-order valence-corrected chi connectivity index (χ1v) is 7.55. The number of nitrogens with zero attached hydrogens (tertiary/aromatic N) is 1. The highest BCUT2D eigenvalue weighted by atomic mass is 16.5. The number of ether oxygens (including phenoxy) is 2. The van der Waals surface area contributed by atoms with Gasteiger partial charge in [-0.25, -0.2) is 5.10 Å². The first-order valence-electron chi connectivity index (χ1n) is 7.55. The minimum Gasteiger partial charge on any atom is -0.494 e. The van der Waals surface area contributed by atoms with Crippen molar-refractivity contribution in [3.8, 4) is 11.5 Å². The van der Waals surface area contributed by atoms with E-state index in [1.165, 1.54) is 13.0 Å². The van der Waals surface area contributed by atoms with Crippen molar-refractivity contribution in [3.05, 3.63) is 52.4 Å². The van der Waals surface area contributed by atoms with Crippen LogP contribution >= 0.6 is 0 Å². The van der Waals surface area contributed by atoms with Crippen molar-refractivity contribution in [3.63, 3.8) is 0 Å². The van der Waals surface area contributed by atoms with Crippen LogP contribution in [0.15, 0.2) is 41.2 Å². The van der Waals surface area contributed by atoms with Crippen molar-refractivity contribution in [2.24, 2.45) is 0 Å². The predicted molar refractivity (Wildman–Crippen MR) is 88.2 cm³/mol. The summed E-state index contributed by atoms with van der Waals surface area (Å²) in [4.78, 5) is 34.6. The van der Waals surface area contributed by atoms with Gasteiger partial charge >= 0.3 is 0 Å². The molecule has 1 aromatic heterocycles. The number of hydrazine groups is 1. The van der Waals surface area contributed by atoms with Crippen LogP contribution in [0.3, 0.4) is 0 Å². The van der Waals surface area contributed by atoms with E-state index >= 15 is 0 Å². The summed E-state index contributed by atoms with van der Waals surface area (Å²) in [7, 11) is 0. The van der Waals surface area contributed by atoms with Gasteiger partial charge in [-0.05, 0) is 44.2 Å². The van der Waals surface area contributed by atoms with Gasteiger partial charge in [0.1, 0.15) is 11.5 Å². The summed E-state index contributed by atoms with van der Waals surface area (Å²) in [6.07, 6.45) is -0.846. The number of carbonyl (C=O) groups excluding carboxylic acids is 2. The van der Waals surface area contributed by atoms with Gasteiger partial charge in [0, 0.05) is 6.07 Å². The zero-order chi connectivity index (χ0) is 18.2. The number of aromatic nitrogens is 2. The molecule has 9 heteroatoms.